The van der Waals surface area contributed by atoms with Gasteiger partial charge in [0.1, 0.15) is 5.75 Å². The van der Waals surface area contributed by atoms with E-state index in [1.807, 2.05) is 25.1 Å². The Kier molecular flexibility index (Phi) is 3.23. The molecule has 1 atom stereocenters. The number of nitrogens with zero attached hydrogens (tertiary/aromatic N) is 1. The van der Waals surface area contributed by atoms with Gasteiger partial charge in [-0.2, -0.15) is 5.10 Å². The van der Waals surface area contributed by atoms with Crippen LogP contribution in [0.5, 0.6) is 5.75 Å². The predicted octanol–water partition coefficient (Wildman–Crippen LogP) is 1.92. The summed E-state index contributed by atoms with van der Waals surface area (Å²) in [6.45, 7) is 1.95. The zero-order chi connectivity index (χ0) is 12.3. The number of hydrogen-bond acceptors (Lipinski definition) is 3. The summed E-state index contributed by atoms with van der Waals surface area (Å²) < 4.78 is 0. The number of phenols is 1. The molecule has 0 saturated carbocycles. The Hall–Kier alpha value is -2.10. The Morgan fingerprint density at radius 3 is 2.88 bits per heavy atom. The van der Waals surface area contributed by atoms with Crippen molar-refractivity contribution in [1.82, 2.24) is 5.43 Å². The van der Waals surface area contributed by atoms with Crippen LogP contribution in [0.3, 0.4) is 0 Å². The maximum absolute atomic E-state index is 11.1. The number of phenolic OH excluding ortho intramolecular Hbond substituents is 1. The molecule has 1 aromatic rings. The van der Waals surface area contributed by atoms with Crippen LogP contribution in [0, 0.1) is 5.92 Å². The first-order valence-corrected chi connectivity index (χ1v) is 5.49. The standard InChI is InChI=1S/C13H14N2O2/c1-9-8-13(17)15-14-11(9)7-6-10-4-2-3-5-12(10)16/h2-7,9,16H,8H2,1H3,(H,15,17). The van der Waals surface area contributed by atoms with Crippen LogP contribution in [0.25, 0.3) is 6.08 Å². The van der Waals surface area contributed by atoms with E-state index in [1.54, 1.807) is 18.2 Å². The van der Waals surface area contributed by atoms with Gasteiger partial charge in [0.15, 0.2) is 0 Å². The van der Waals surface area contributed by atoms with Gasteiger partial charge in [0.05, 0.1) is 5.71 Å². The van der Waals surface area contributed by atoms with E-state index in [0.717, 1.165) is 11.3 Å². The average Bonchev–Trinajstić information content (AvgIpc) is 2.30. The molecule has 0 bridgehead atoms. The highest BCUT2D eigenvalue weighted by Gasteiger charge is 2.17. The number of nitrogens with one attached hydrogen (secondary N) is 1. The number of carbonyl (C=O) groups is 1. The Labute approximate surface area is 99.7 Å². The number of amides is 1. The van der Waals surface area contributed by atoms with Crippen molar-refractivity contribution in [3.8, 4) is 5.75 Å². The van der Waals surface area contributed by atoms with Crippen LogP contribution in [0.15, 0.2) is 35.4 Å². The molecular weight excluding hydrogens is 216 g/mol. The maximum Gasteiger partial charge on any atom is 0.240 e. The number of para-hydroxylation sites is 1. The van der Waals surface area contributed by atoms with Gasteiger partial charge in [-0.3, -0.25) is 4.79 Å². The zero-order valence-electron chi connectivity index (χ0n) is 9.55. The van der Waals surface area contributed by atoms with Crippen molar-refractivity contribution in [2.45, 2.75) is 13.3 Å². The second-order valence-corrected chi connectivity index (χ2v) is 4.07. The summed E-state index contributed by atoms with van der Waals surface area (Å²) in [5, 5.41) is 13.6. The van der Waals surface area contributed by atoms with Crippen molar-refractivity contribution >= 4 is 17.7 Å². The van der Waals surface area contributed by atoms with Crippen LogP contribution in [-0.4, -0.2) is 16.7 Å². The molecule has 88 valence electrons. The molecule has 4 heteroatoms. The van der Waals surface area contributed by atoms with Crippen molar-refractivity contribution in [3.05, 3.63) is 35.9 Å². The van der Waals surface area contributed by atoms with E-state index in [4.69, 9.17) is 0 Å². The molecule has 0 radical (unpaired) electrons. The van der Waals surface area contributed by atoms with Crippen LogP contribution < -0.4 is 5.43 Å². The molecule has 2 N–H and O–H groups in total. The molecule has 1 amide bonds. The lowest BCUT2D eigenvalue weighted by Crippen LogP contribution is -2.30. The quantitative estimate of drug-likeness (QED) is 0.815. The topological polar surface area (TPSA) is 61.7 Å². The van der Waals surface area contributed by atoms with E-state index in [2.05, 4.69) is 10.5 Å². The van der Waals surface area contributed by atoms with Crippen LogP contribution in [0.4, 0.5) is 0 Å². The molecule has 1 aliphatic rings. The van der Waals surface area contributed by atoms with Gasteiger partial charge in [0.2, 0.25) is 5.91 Å². The number of allylic oxidation sites excluding steroid dienone is 1. The summed E-state index contributed by atoms with van der Waals surface area (Å²) in [5.74, 6) is 0.278. The molecule has 0 spiro atoms. The number of benzene rings is 1. The fourth-order valence-corrected chi connectivity index (χ4v) is 1.67. The summed E-state index contributed by atoms with van der Waals surface area (Å²) in [5.41, 5.74) is 4.00. The van der Waals surface area contributed by atoms with Crippen molar-refractivity contribution < 1.29 is 9.90 Å². The lowest BCUT2D eigenvalue weighted by Gasteiger charge is -2.16. The van der Waals surface area contributed by atoms with Gasteiger partial charge in [0.25, 0.3) is 0 Å². The van der Waals surface area contributed by atoms with E-state index in [9.17, 15) is 9.90 Å². The van der Waals surface area contributed by atoms with Crippen LogP contribution in [-0.2, 0) is 4.79 Å². The zero-order valence-corrected chi connectivity index (χ0v) is 9.55. The lowest BCUT2D eigenvalue weighted by atomic mass is 9.99. The average molecular weight is 230 g/mol. The molecule has 1 aromatic carbocycles. The predicted molar refractivity (Wildman–Crippen MR) is 66.5 cm³/mol. The first-order chi connectivity index (χ1) is 8.16. The van der Waals surface area contributed by atoms with Crippen molar-refractivity contribution in [1.29, 1.82) is 0 Å². The Balaban J connectivity index is 2.16. The molecule has 0 fully saturated rings. The molecule has 4 nitrogen and oxygen atoms in total. The van der Waals surface area contributed by atoms with Gasteiger partial charge >= 0.3 is 0 Å². The lowest BCUT2D eigenvalue weighted by molar-refractivity contribution is -0.121. The van der Waals surface area contributed by atoms with Crippen LogP contribution in [0.1, 0.15) is 18.9 Å². The number of hydrogen-bond donors (Lipinski definition) is 2. The molecule has 0 saturated heterocycles. The normalized spacial score (nSPS) is 20.2. The highest BCUT2D eigenvalue weighted by atomic mass is 16.3. The second kappa shape index (κ2) is 4.82. The highest BCUT2D eigenvalue weighted by Crippen LogP contribution is 2.18. The van der Waals surface area contributed by atoms with E-state index in [1.165, 1.54) is 0 Å². The molecule has 0 aromatic heterocycles. The van der Waals surface area contributed by atoms with E-state index >= 15 is 0 Å². The number of rotatable bonds is 2. The van der Waals surface area contributed by atoms with E-state index in [0.29, 0.717) is 6.42 Å². The maximum atomic E-state index is 11.1. The van der Waals surface area contributed by atoms with Gasteiger partial charge in [-0.05, 0) is 18.2 Å². The van der Waals surface area contributed by atoms with Gasteiger partial charge in [-0.25, -0.2) is 5.43 Å². The third kappa shape index (κ3) is 2.72. The summed E-state index contributed by atoms with van der Waals surface area (Å²) in [6.07, 6.45) is 4.06. The fourth-order valence-electron chi connectivity index (χ4n) is 1.67. The third-order valence-corrected chi connectivity index (χ3v) is 2.68. The summed E-state index contributed by atoms with van der Waals surface area (Å²) in [6, 6.07) is 7.08. The number of aromatic hydroxyl groups is 1. The number of hydrazone groups is 1. The van der Waals surface area contributed by atoms with Crippen LogP contribution in [0.2, 0.25) is 0 Å². The summed E-state index contributed by atoms with van der Waals surface area (Å²) >= 11 is 0. The largest absolute Gasteiger partial charge is 0.507 e. The molecule has 2 rings (SSSR count). The smallest absolute Gasteiger partial charge is 0.240 e. The molecular formula is C13H14N2O2. The minimum Gasteiger partial charge on any atom is -0.507 e. The minimum atomic E-state index is -0.0581. The second-order valence-electron chi connectivity index (χ2n) is 4.07. The van der Waals surface area contributed by atoms with E-state index in [-0.39, 0.29) is 17.6 Å². The van der Waals surface area contributed by atoms with Gasteiger partial charge in [-0.15, -0.1) is 0 Å². The Morgan fingerprint density at radius 2 is 2.18 bits per heavy atom. The monoisotopic (exact) mass is 230 g/mol. The van der Waals surface area contributed by atoms with Gasteiger partial charge < -0.3 is 5.11 Å². The highest BCUT2D eigenvalue weighted by molar-refractivity contribution is 6.03. The van der Waals surface area contributed by atoms with Crippen molar-refractivity contribution in [2.75, 3.05) is 0 Å². The van der Waals surface area contributed by atoms with E-state index < -0.39 is 0 Å². The molecule has 17 heavy (non-hydrogen) atoms. The van der Waals surface area contributed by atoms with Gasteiger partial charge in [0, 0.05) is 17.9 Å². The molecule has 1 aliphatic heterocycles. The summed E-state index contributed by atoms with van der Waals surface area (Å²) in [7, 11) is 0. The molecule has 1 heterocycles. The SMILES string of the molecule is CC1CC(=O)NN=C1C=Cc1ccccc1O. The van der Waals surface area contributed by atoms with Crippen molar-refractivity contribution in [2.24, 2.45) is 11.0 Å². The summed E-state index contributed by atoms with van der Waals surface area (Å²) in [4.78, 5) is 11.1. The first-order valence-electron chi connectivity index (χ1n) is 5.49. The van der Waals surface area contributed by atoms with Crippen LogP contribution >= 0.6 is 0 Å². The third-order valence-electron chi connectivity index (χ3n) is 2.68. The van der Waals surface area contributed by atoms with Crippen molar-refractivity contribution in [3.63, 3.8) is 0 Å². The number of carbonyl (C=O) groups excluding carboxylic acids is 1. The van der Waals surface area contributed by atoms with Gasteiger partial charge in [-0.1, -0.05) is 25.1 Å². The fraction of sp³-hybridized carbons (Fsp3) is 0.231. The Bertz CT molecular complexity index is 492. The molecule has 1 unspecified atom stereocenters. The molecule has 0 aliphatic carbocycles. The first kappa shape index (κ1) is 11.4. The minimum absolute atomic E-state index is 0.0581. The Morgan fingerprint density at radius 1 is 1.41 bits per heavy atom.